The normalized spacial score (nSPS) is 19.6. The molecule has 5 nitrogen and oxygen atoms in total. The van der Waals surface area contributed by atoms with Gasteiger partial charge in [0.05, 0.1) is 29.6 Å². The summed E-state index contributed by atoms with van der Waals surface area (Å²) in [5, 5.41) is 4.80. The van der Waals surface area contributed by atoms with Gasteiger partial charge >= 0.3 is 0 Å². The van der Waals surface area contributed by atoms with Gasteiger partial charge in [-0.1, -0.05) is 17.7 Å². The van der Waals surface area contributed by atoms with Crippen molar-refractivity contribution >= 4 is 28.9 Å². The van der Waals surface area contributed by atoms with Crippen molar-refractivity contribution in [3.63, 3.8) is 0 Å². The largest absolute Gasteiger partial charge is 0.378 e. The SMILES string of the molecule is O=C1CCC(c2ccc(N3CCOCC3)c(Cl)c2)=NN1. The highest BCUT2D eigenvalue weighted by Crippen LogP contribution is 2.28. The van der Waals surface area contributed by atoms with Crippen LogP contribution in [0, 0.1) is 0 Å². The number of anilines is 1. The molecule has 0 spiro atoms. The lowest BCUT2D eigenvalue weighted by molar-refractivity contribution is -0.121. The molecule has 0 atom stereocenters. The summed E-state index contributed by atoms with van der Waals surface area (Å²) in [6, 6.07) is 5.94. The Kier molecular flexibility index (Phi) is 3.89. The summed E-state index contributed by atoms with van der Waals surface area (Å²) in [7, 11) is 0. The van der Waals surface area contributed by atoms with Crippen LogP contribution in [0.15, 0.2) is 23.3 Å². The molecule has 2 aliphatic rings. The Morgan fingerprint density at radius 1 is 1.25 bits per heavy atom. The fourth-order valence-corrected chi connectivity index (χ4v) is 2.73. The van der Waals surface area contributed by atoms with Crippen LogP contribution in [-0.4, -0.2) is 37.9 Å². The number of halogens is 1. The maximum absolute atomic E-state index is 11.1. The van der Waals surface area contributed by atoms with E-state index in [0.717, 1.165) is 43.3 Å². The van der Waals surface area contributed by atoms with E-state index in [1.807, 2.05) is 18.2 Å². The first-order valence-corrected chi connectivity index (χ1v) is 7.10. The molecule has 1 aromatic carbocycles. The Balaban J connectivity index is 1.82. The Morgan fingerprint density at radius 2 is 2.05 bits per heavy atom. The summed E-state index contributed by atoms with van der Waals surface area (Å²) in [4.78, 5) is 13.3. The summed E-state index contributed by atoms with van der Waals surface area (Å²) in [6.07, 6.45) is 1.13. The Morgan fingerprint density at radius 3 is 2.70 bits per heavy atom. The van der Waals surface area contributed by atoms with Gasteiger partial charge in [0, 0.05) is 25.9 Å². The van der Waals surface area contributed by atoms with E-state index < -0.39 is 0 Å². The van der Waals surface area contributed by atoms with E-state index >= 15 is 0 Å². The number of hydrogen-bond acceptors (Lipinski definition) is 4. The molecule has 2 heterocycles. The van der Waals surface area contributed by atoms with Crippen LogP contribution in [0.1, 0.15) is 18.4 Å². The zero-order chi connectivity index (χ0) is 13.9. The van der Waals surface area contributed by atoms with Gasteiger partial charge in [0.1, 0.15) is 0 Å². The average molecular weight is 294 g/mol. The van der Waals surface area contributed by atoms with Crippen LogP contribution in [0.5, 0.6) is 0 Å². The Hall–Kier alpha value is -1.59. The van der Waals surface area contributed by atoms with Gasteiger partial charge in [0.15, 0.2) is 0 Å². The van der Waals surface area contributed by atoms with Gasteiger partial charge in [-0.25, -0.2) is 5.43 Å². The summed E-state index contributed by atoms with van der Waals surface area (Å²) in [5.74, 6) is -0.0372. The predicted molar refractivity (Wildman–Crippen MR) is 78.4 cm³/mol. The molecule has 0 aromatic heterocycles. The number of hydrogen-bond donors (Lipinski definition) is 1. The third-order valence-corrected chi connectivity index (χ3v) is 3.84. The molecule has 0 saturated carbocycles. The van der Waals surface area contributed by atoms with Crippen LogP contribution < -0.4 is 10.3 Å². The number of nitrogens with one attached hydrogen (secondary N) is 1. The molecule has 1 amide bonds. The summed E-state index contributed by atoms with van der Waals surface area (Å²) >= 11 is 6.39. The molecule has 1 N–H and O–H groups in total. The summed E-state index contributed by atoms with van der Waals surface area (Å²) in [6.45, 7) is 3.18. The van der Waals surface area contributed by atoms with Crippen molar-refractivity contribution in [1.29, 1.82) is 0 Å². The van der Waals surface area contributed by atoms with Crippen molar-refractivity contribution in [2.24, 2.45) is 5.10 Å². The molecular formula is C14H16ClN3O2. The average Bonchev–Trinajstić information content (AvgIpc) is 2.49. The van der Waals surface area contributed by atoms with Crippen LogP contribution >= 0.6 is 11.6 Å². The highest BCUT2D eigenvalue weighted by Gasteiger charge is 2.17. The smallest absolute Gasteiger partial charge is 0.240 e. The highest BCUT2D eigenvalue weighted by molar-refractivity contribution is 6.33. The number of carbonyl (C=O) groups excluding carboxylic acids is 1. The molecular weight excluding hydrogens is 278 g/mol. The first-order chi connectivity index (χ1) is 9.74. The minimum atomic E-state index is -0.0372. The minimum Gasteiger partial charge on any atom is -0.378 e. The number of amides is 1. The number of carbonyl (C=O) groups is 1. The molecule has 1 fully saturated rings. The van der Waals surface area contributed by atoms with Gasteiger partial charge in [-0.2, -0.15) is 5.10 Å². The first kappa shape index (κ1) is 13.4. The minimum absolute atomic E-state index is 0.0372. The highest BCUT2D eigenvalue weighted by atomic mass is 35.5. The maximum Gasteiger partial charge on any atom is 0.240 e. The predicted octanol–water partition coefficient (Wildman–Crippen LogP) is 1.79. The number of benzene rings is 1. The first-order valence-electron chi connectivity index (χ1n) is 6.72. The number of rotatable bonds is 2. The van der Waals surface area contributed by atoms with Crippen LogP contribution in [0.3, 0.4) is 0 Å². The molecule has 20 heavy (non-hydrogen) atoms. The van der Waals surface area contributed by atoms with E-state index in [2.05, 4.69) is 15.4 Å². The van der Waals surface area contributed by atoms with E-state index in [1.165, 1.54) is 0 Å². The third kappa shape index (κ3) is 2.78. The van der Waals surface area contributed by atoms with Crippen LogP contribution in [-0.2, 0) is 9.53 Å². The Labute approximate surface area is 122 Å². The van der Waals surface area contributed by atoms with E-state index in [9.17, 15) is 4.79 Å². The molecule has 1 saturated heterocycles. The number of hydrazone groups is 1. The topological polar surface area (TPSA) is 53.9 Å². The molecule has 6 heteroatoms. The van der Waals surface area contributed by atoms with Crippen molar-refractivity contribution < 1.29 is 9.53 Å². The van der Waals surface area contributed by atoms with Crippen molar-refractivity contribution in [2.45, 2.75) is 12.8 Å². The molecule has 2 aliphatic heterocycles. The molecule has 0 bridgehead atoms. The molecule has 0 aliphatic carbocycles. The lowest BCUT2D eigenvalue weighted by atomic mass is 10.0. The third-order valence-electron chi connectivity index (χ3n) is 3.54. The van der Waals surface area contributed by atoms with E-state index in [0.29, 0.717) is 17.9 Å². The number of nitrogens with zero attached hydrogens (tertiary/aromatic N) is 2. The maximum atomic E-state index is 11.1. The van der Waals surface area contributed by atoms with Crippen molar-refractivity contribution in [2.75, 3.05) is 31.2 Å². The Bertz CT molecular complexity index is 553. The zero-order valence-corrected chi connectivity index (χ0v) is 11.8. The summed E-state index contributed by atoms with van der Waals surface area (Å²) < 4.78 is 5.35. The van der Waals surface area contributed by atoms with Crippen molar-refractivity contribution in [3.05, 3.63) is 28.8 Å². The molecule has 106 valence electrons. The van der Waals surface area contributed by atoms with Gasteiger partial charge in [-0.3, -0.25) is 4.79 Å². The van der Waals surface area contributed by atoms with Crippen LogP contribution in [0.4, 0.5) is 5.69 Å². The number of morpholine rings is 1. The zero-order valence-electron chi connectivity index (χ0n) is 11.1. The van der Waals surface area contributed by atoms with Gasteiger partial charge in [-0.05, 0) is 17.7 Å². The van der Waals surface area contributed by atoms with Gasteiger partial charge in [0.25, 0.3) is 0 Å². The van der Waals surface area contributed by atoms with Crippen LogP contribution in [0.2, 0.25) is 5.02 Å². The second-order valence-electron chi connectivity index (χ2n) is 4.86. The fourth-order valence-electron chi connectivity index (χ4n) is 2.43. The van der Waals surface area contributed by atoms with Gasteiger partial charge < -0.3 is 9.64 Å². The molecule has 1 aromatic rings. The number of ether oxygens (including phenoxy) is 1. The van der Waals surface area contributed by atoms with Crippen LogP contribution in [0.25, 0.3) is 0 Å². The lowest BCUT2D eigenvalue weighted by Crippen LogP contribution is -2.36. The van der Waals surface area contributed by atoms with Gasteiger partial charge in [-0.15, -0.1) is 0 Å². The molecule has 3 rings (SSSR count). The van der Waals surface area contributed by atoms with E-state index in [-0.39, 0.29) is 5.91 Å². The lowest BCUT2D eigenvalue weighted by Gasteiger charge is -2.29. The van der Waals surface area contributed by atoms with E-state index in [1.54, 1.807) is 0 Å². The van der Waals surface area contributed by atoms with E-state index in [4.69, 9.17) is 16.3 Å². The quantitative estimate of drug-likeness (QED) is 0.904. The summed E-state index contributed by atoms with van der Waals surface area (Å²) in [5.41, 5.74) is 5.37. The second kappa shape index (κ2) is 5.81. The van der Waals surface area contributed by atoms with Crippen molar-refractivity contribution in [1.82, 2.24) is 5.43 Å². The monoisotopic (exact) mass is 293 g/mol. The fraction of sp³-hybridized carbons (Fsp3) is 0.429. The van der Waals surface area contributed by atoms with Crippen molar-refractivity contribution in [3.8, 4) is 0 Å². The van der Waals surface area contributed by atoms with Gasteiger partial charge in [0.2, 0.25) is 5.91 Å². The standard InChI is InChI=1S/C14H16ClN3O2/c15-11-9-10(12-2-4-14(19)17-16-12)1-3-13(11)18-5-7-20-8-6-18/h1,3,9H,2,4-8H2,(H,17,19). The molecule has 0 unspecified atom stereocenters. The second-order valence-corrected chi connectivity index (χ2v) is 5.27. The molecule has 0 radical (unpaired) electrons.